The molecule has 1 aromatic carbocycles. The normalized spacial score (nSPS) is 10.7. The lowest BCUT2D eigenvalue weighted by Crippen LogP contribution is -2.02. The van der Waals surface area contributed by atoms with E-state index in [0.29, 0.717) is 0 Å². The van der Waals surface area contributed by atoms with E-state index in [2.05, 4.69) is 6.07 Å². The molecule has 6 heteroatoms. The summed E-state index contributed by atoms with van der Waals surface area (Å²) < 4.78 is 44.0. The zero-order valence-corrected chi connectivity index (χ0v) is 7.54. The van der Waals surface area contributed by atoms with Crippen molar-refractivity contribution in [2.75, 3.05) is 0 Å². The number of hydrogen-bond donors (Lipinski definition) is 0. The Kier molecular flexibility index (Phi) is 3.65. The molecule has 0 aliphatic rings. The lowest BCUT2D eigenvalue weighted by atomic mass is 10.2. The highest BCUT2D eigenvalue weighted by atomic mass is 19.5. The van der Waals surface area contributed by atoms with E-state index >= 15 is 0 Å². The summed E-state index contributed by atoms with van der Waals surface area (Å²) in [6.07, 6.45) is 3.43. The molecule has 0 spiro atoms. The van der Waals surface area contributed by atoms with Gasteiger partial charge in [0.25, 0.3) is 0 Å². The third-order valence-corrected chi connectivity index (χ3v) is 1.52. The van der Waals surface area contributed by atoms with Crippen LogP contribution in [0.2, 0.25) is 0 Å². The van der Waals surface area contributed by atoms with Gasteiger partial charge in [-0.1, -0.05) is 18.2 Å². The highest BCUT2D eigenvalue weighted by Gasteiger charge is 2.20. The van der Waals surface area contributed by atoms with Crippen molar-refractivity contribution < 1.29 is 21.7 Å². The van der Waals surface area contributed by atoms with Crippen molar-refractivity contribution >= 4 is 18.0 Å². The molecule has 0 fully saturated rings. The van der Waals surface area contributed by atoms with Gasteiger partial charge in [-0.25, -0.2) is 4.42 Å². The minimum atomic E-state index is -6.00. The molecule has 1 aromatic heterocycles. The summed E-state index contributed by atoms with van der Waals surface area (Å²) in [4.78, 5) is 0. The standard InChI is InChI=1S/C9H7O.BF4/c1-2-4-9-7-10-6-5-8(9)3-1;2-1(3,4)5/h1-7H;/q+1;-1. The van der Waals surface area contributed by atoms with Gasteiger partial charge in [0.2, 0.25) is 0 Å². The predicted molar refractivity (Wildman–Crippen MR) is 50.8 cm³/mol. The van der Waals surface area contributed by atoms with Crippen molar-refractivity contribution in [3.8, 4) is 0 Å². The third-order valence-electron chi connectivity index (χ3n) is 1.52. The van der Waals surface area contributed by atoms with Crippen LogP contribution < -0.4 is 0 Å². The monoisotopic (exact) mass is 218 g/mol. The molecule has 1 nitrogen and oxygen atoms in total. The topological polar surface area (TPSA) is 11.3 Å². The van der Waals surface area contributed by atoms with E-state index in [1.54, 1.807) is 12.5 Å². The van der Waals surface area contributed by atoms with Gasteiger partial charge in [-0.05, 0) is 11.5 Å². The van der Waals surface area contributed by atoms with Crippen LogP contribution in [0.1, 0.15) is 0 Å². The molecule has 1 heterocycles. The first-order chi connectivity index (χ1) is 6.97. The van der Waals surface area contributed by atoms with Crippen molar-refractivity contribution in [3.05, 3.63) is 42.9 Å². The summed E-state index contributed by atoms with van der Waals surface area (Å²) >= 11 is 0. The zero-order valence-electron chi connectivity index (χ0n) is 7.54. The van der Waals surface area contributed by atoms with Crippen LogP contribution in [-0.4, -0.2) is 7.25 Å². The van der Waals surface area contributed by atoms with Crippen LogP contribution in [0, 0.1) is 0 Å². The van der Waals surface area contributed by atoms with Gasteiger partial charge >= 0.3 is 19.8 Å². The van der Waals surface area contributed by atoms with Gasteiger partial charge in [-0.2, -0.15) is 0 Å². The zero-order chi connectivity index (χ0) is 11.3. The summed E-state index contributed by atoms with van der Waals surface area (Å²) in [5.41, 5.74) is 0. The summed E-state index contributed by atoms with van der Waals surface area (Å²) in [6, 6.07) is 10.1. The molecular formula is C9H7BF4O. The van der Waals surface area contributed by atoms with E-state index < -0.39 is 7.25 Å². The van der Waals surface area contributed by atoms with Crippen molar-refractivity contribution in [2.45, 2.75) is 0 Å². The van der Waals surface area contributed by atoms with Crippen molar-refractivity contribution in [3.63, 3.8) is 0 Å². The average Bonchev–Trinajstić information content (AvgIpc) is 2.16. The molecule has 0 bridgehead atoms. The van der Waals surface area contributed by atoms with Crippen molar-refractivity contribution in [2.24, 2.45) is 0 Å². The van der Waals surface area contributed by atoms with Crippen LogP contribution in [0.4, 0.5) is 17.3 Å². The molecule has 15 heavy (non-hydrogen) atoms. The first kappa shape index (κ1) is 11.5. The summed E-state index contributed by atoms with van der Waals surface area (Å²) in [5.74, 6) is 0. The van der Waals surface area contributed by atoms with E-state index in [0.717, 1.165) is 5.39 Å². The number of benzene rings is 1. The van der Waals surface area contributed by atoms with Gasteiger partial charge in [0.05, 0.1) is 5.39 Å². The number of rotatable bonds is 0. The molecule has 0 radical (unpaired) electrons. The SMILES string of the molecule is F[B-](F)(F)F.c1ccc2c[o+]ccc2c1. The molecule has 2 aromatic rings. The van der Waals surface area contributed by atoms with Gasteiger partial charge in [-0.3, -0.25) is 0 Å². The highest BCUT2D eigenvalue weighted by Crippen LogP contribution is 2.11. The lowest BCUT2D eigenvalue weighted by Gasteiger charge is -1.94. The van der Waals surface area contributed by atoms with E-state index in [9.17, 15) is 17.3 Å². The average molecular weight is 218 g/mol. The minimum absolute atomic E-state index is 1.14. The Morgan fingerprint density at radius 1 is 0.867 bits per heavy atom. The fraction of sp³-hybridized carbons (Fsp3) is 0. The number of halogens is 4. The minimum Gasteiger partial charge on any atom is -0.418 e. The molecule has 0 aliphatic carbocycles. The smallest absolute Gasteiger partial charge is 0.418 e. The van der Waals surface area contributed by atoms with Gasteiger partial charge in [0.15, 0.2) is 0 Å². The summed E-state index contributed by atoms with van der Waals surface area (Å²) in [7, 11) is -6.00. The Bertz CT molecular complexity index is 358. The molecule has 0 amide bonds. The van der Waals surface area contributed by atoms with Gasteiger partial charge in [0, 0.05) is 6.07 Å². The largest absolute Gasteiger partial charge is 0.673 e. The second-order valence-electron chi connectivity index (χ2n) is 2.68. The molecular weight excluding hydrogens is 211 g/mol. The molecule has 0 saturated heterocycles. The Hall–Kier alpha value is -1.59. The Labute approximate surface area is 83.4 Å². The van der Waals surface area contributed by atoms with Crippen molar-refractivity contribution in [1.29, 1.82) is 0 Å². The van der Waals surface area contributed by atoms with E-state index in [4.69, 9.17) is 4.42 Å². The number of fused-ring (bicyclic) bond motifs is 1. The van der Waals surface area contributed by atoms with E-state index in [1.807, 2.05) is 24.3 Å². The first-order valence-electron chi connectivity index (χ1n) is 4.08. The highest BCUT2D eigenvalue weighted by molar-refractivity contribution is 6.50. The van der Waals surface area contributed by atoms with Crippen LogP contribution >= 0.6 is 0 Å². The Balaban J connectivity index is 0.000000195. The molecule has 0 unspecified atom stereocenters. The maximum Gasteiger partial charge on any atom is 0.673 e. The van der Waals surface area contributed by atoms with Gasteiger partial charge in [-0.15, -0.1) is 0 Å². The van der Waals surface area contributed by atoms with Crippen LogP contribution in [0.25, 0.3) is 10.8 Å². The van der Waals surface area contributed by atoms with Crippen LogP contribution in [0.15, 0.2) is 47.3 Å². The molecule has 0 aliphatic heterocycles. The lowest BCUT2D eigenvalue weighted by molar-refractivity contribution is 0.368. The molecule has 2 rings (SSSR count). The second-order valence-corrected chi connectivity index (χ2v) is 2.68. The van der Waals surface area contributed by atoms with Crippen molar-refractivity contribution in [1.82, 2.24) is 0 Å². The van der Waals surface area contributed by atoms with Crippen LogP contribution in [0.5, 0.6) is 0 Å². The quantitative estimate of drug-likeness (QED) is 0.369. The van der Waals surface area contributed by atoms with E-state index in [-0.39, 0.29) is 0 Å². The second kappa shape index (κ2) is 4.77. The molecule has 0 N–H and O–H groups in total. The number of hydrogen-bond acceptors (Lipinski definition) is 0. The van der Waals surface area contributed by atoms with Crippen LogP contribution in [-0.2, 0) is 0 Å². The molecule has 0 atom stereocenters. The fourth-order valence-corrected chi connectivity index (χ4v) is 0.995. The van der Waals surface area contributed by atoms with Gasteiger partial charge in [0.1, 0.15) is 0 Å². The Morgan fingerprint density at radius 3 is 1.93 bits per heavy atom. The summed E-state index contributed by atoms with van der Waals surface area (Å²) in [5, 5.41) is 2.36. The summed E-state index contributed by atoms with van der Waals surface area (Å²) in [6.45, 7) is 0. The Morgan fingerprint density at radius 2 is 1.40 bits per heavy atom. The van der Waals surface area contributed by atoms with Crippen LogP contribution in [0.3, 0.4) is 0 Å². The van der Waals surface area contributed by atoms with E-state index in [1.165, 1.54) is 5.39 Å². The fourth-order valence-electron chi connectivity index (χ4n) is 0.995. The maximum absolute atomic E-state index is 9.75. The van der Waals surface area contributed by atoms with Gasteiger partial charge < -0.3 is 17.3 Å². The molecule has 0 saturated carbocycles. The third kappa shape index (κ3) is 5.00. The predicted octanol–water partition coefficient (Wildman–Crippen LogP) is 4.01. The maximum atomic E-state index is 9.75. The first-order valence-corrected chi connectivity index (χ1v) is 4.08. The molecule has 80 valence electrons.